The smallest absolute Gasteiger partial charge is 0.340 e. The number of ether oxygens (including phenoxy) is 3. The van der Waals surface area contributed by atoms with Crippen LogP contribution in [0.4, 0.5) is 5.69 Å². The van der Waals surface area contributed by atoms with Crippen LogP contribution in [0.2, 0.25) is 0 Å². The molecule has 4 rings (SSSR count). The van der Waals surface area contributed by atoms with E-state index in [0.717, 1.165) is 17.0 Å². The molecule has 2 aromatic carbocycles. The van der Waals surface area contributed by atoms with Crippen molar-refractivity contribution < 1.29 is 19.0 Å². The van der Waals surface area contributed by atoms with E-state index in [9.17, 15) is 4.79 Å². The fourth-order valence-corrected chi connectivity index (χ4v) is 2.39. The third kappa shape index (κ3) is 1.67. The van der Waals surface area contributed by atoms with Gasteiger partial charge in [-0.3, -0.25) is 0 Å². The molecule has 20 heavy (non-hydrogen) atoms. The van der Waals surface area contributed by atoms with Crippen LogP contribution in [0, 0.1) is 0 Å². The first-order chi connectivity index (χ1) is 9.81. The molecule has 0 aliphatic carbocycles. The Morgan fingerprint density at radius 2 is 1.90 bits per heavy atom. The van der Waals surface area contributed by atoms with Crippen LogP contribution < -0.4 is 14.8 Å². The Kier molecular flexibility index (Phi) is 2.32. The van der Waals surface area contributed by atoms with Crippen molar-refractivity contribution in [1.29, 1.82) is 0 Å². The summed E-state index contributed by atoms with van der Waals surface area (Å²) < 4.78 is 15.9. The lowest BCUT2D eigenvalue weighted by Crippen LogP contribution is -2.10. The zero-order valence-corrected chi connectivity index (χ0v) is 10.5. The second kappa shape index (κ2) is 4.16. The maximum atomic E-state index is 11.7. The zero-order valence-electron chi connectivity index (χ0n) is 10.5. The van der Waals surface area contributed by atoms with E-state index in [1.165, 1.54) is 0 Å². The number of rotatable bonds is 2. The van der Waals surface area contributed by atoms with Crippen LogP contribution in [0.1, 0.15) is 22.1 Å². The summed E-state index contributed by atoms with van der Waals surface area (Å²) in [6.45, 7) is 0.236. The summed E-state index contributed by atoms with van der Waals surface area (Å²) in [5.41, 5.74) is 2.25. The van der Waals surface area contributed by atoms with Gasteiger partial charge in [0.25, 0.3) is 0 Å². The molecule has 100 valence electrons. The quantitative estimate of drug-likeness (QED) is 0.849. The maximum Gasteiger partial charge on any atom is 0.340 e. The topological polar surface area (TPSA) is 56.8 Å². The second-order valence-corrected chi connectivity index (χ2v) is 4.58. The number of nitrogens with one attached hydrogen (secondary N) is 1. The predicted octanol–water partition coefficient (Wildman–Crippen LogP) is 2.70. The summed E-state index contributed by atoms with van der Waals surface area (Å²) in [5.74, 6) is 1.10. The zero-order chi connectivity index (χ0) is 13.5. The van der Waals surface area contributed by atoms with Crippen LogP contribution in [-0.4, -0.2) is 12.8 Å². The standard InChI is InChI=1S/C15H11NO4/c17-15-11-4-2-1-3-10(11)14(20-15)16-9-5-6-12-13(7-9)19-8-18-12/h1-7,14,16H,8H2/t14-/m1/s1. The number of hydrogen-bond acceptors (Lipinski definition) is 5. The number of carbonyl (C=O) groups is 1. The first-order valence-electron chi connectivity index (χ1n) is 6.27. The largest absolute Gasteiger partial charge is 0.454 e. The van der Waals surface area contributed by atoms with E-state index >= 15 is 0 Å². The summed E-state index contributed by atoms with van der Waals surface area (Å²) in [7, 11) is 0. The van der Waals surface area contributed by atoms with E-state index < -0.39 is 6.23 Å². The molecule has 2 aliphatic heterocycles. The molecule has 2 heterocycles. The van der Waals surface area contributed by atoms with Crippen molar-refractivity contribution in [2.45, 2.75) is 6.23 Å². The average molecular weight is 269 g/mol. The molecule has 0 aromatic heterocycles. The summed E-state index contributed by atoms with van der Waals surface area (Å²) in [4.78, 5) is 11.7. The monoisotopic (exact) mass is 269 g/mol. The van der Waals surface area contributed by atoms with Crippen LogP contribution in [0.15, 0.2) is 42.5 Å². The van der Waals surface area contributed by atoms with Crippen LogP contribution in [-0.2, 0) is 4.74 Å². The third-order valence-electron chi connectivity index (χ3n) is 3.36. The van der Waals surface area contributed by atoms with Crippen molar-refractivity contribution in [2.75, 3.05) is 12.1 Å². The molecule has 0 amide bonds. The average Bonchev–Trinajstić information content (AvgIpc) is 3.05. The van der Waals surface area contributed by atoms with Crippen LogP contribution in [0.3, 0.4) is 0 Å². The van der Waals surface area contributed by atoms with E-state index in [2.05, 4.69) is 5.32 Å². The molecular formula is C15H11NO4. The van der Waals surface area contributed by atoms with E-state index in [1.807, 2.05) is 36.4 Å². The van der Waals surface area contributed by atoms with Crippen molar-refractivity contribution in [1.82, 2.24) is 0 Å². The molecule has 1 atom stereocenters. The predicted molar refractivity (Wildman–Crippen MR) is 70.8 cm³/mol. The van der Waals surface area contributed by atoms with Gasteiger partial charge < -0.3 is 19.5 Å². The minimum absolute atomic E-state index is 0.236. The van der Waals surface area contributed by atoms with Crippen molar-refractivity contribution >= 4 is 11.7 Å². The molecule has 0 bridgehead atoms. The molecule has 0 fully saturated rings. The highest BCUT2D eigenvalue weighted by atomic mass is 16.7. The molecular weight excluding hydrogens is 258 g/mol. The lowest BCUT2D eigenvalue weighted by molar-refractivity contribution is 0.0437. The van der Waals surface area contributed by atoms with Crippen molar-refractivity contribution in [3.8, 4) is 11.5 Å². The molecule has 2 aromatic rings. The van der Waals surface area contributed by atoms with Gasteiger partial charge in [0.15, 0.2) is 11.5 Å². The Labute approximate surface area is 115 Å². The summed E-state index contributed by atoms with van der Waals surface area (Å²) in [5, 5.41) is 3.18. The summed E-state index contributed by atoms with van der Waals surface area (Å²) in [6, 6.07) is 12.9. The molecule has 0 unspecified atom stereocenters. The Bertz CT molecular complexity index is 698. The molecule has 0 saturated heterocycles. The Morgan fingerprint density at radius 1 is 1.05 bits per heavy atom. The van der Waals surface area contributed by atoms with Crippen LogP contribution >= 0.6 is 0 Å². The van der Waals surface area contributed by atoms with E-state index in [1.54, 1.807) is 6.07 Å². The number of hydrogen-bond donors (Lipinski definition) is 1. The minimum Gasteiger partial charge on any atom is -0.454 e. The second-order valence-electron chi connectivity index (χ2n) is 4.58. The SMILES string of the molecule is O=C1O[C@@H](Nc2ccc3c(c2)OCO3)c2ccccc21. The summed E-state index contributed by atoms with van der Waals surface area (Å²) in [6.07, 6.45) is -0.473. The highest BCUT2D eigenvalue weighted by molar-refractivity contribution is 5.94. The van der Waals surface area contributed by atoms with Crippen LogP contribution in [0.25, 0.3) is 0 Å². The number of anilines is 1. The Morgan fingerprint density at radius 3 is 2.85 bits per heavy atom. The van der Waals surface area contributed by atoms with Gasteiger partial charge in [0.1, 0.15) is 0 Å². The highest BCUT2D eigenvalue weighted by Gasteiger charge is 2.30. The van der Waals surface area contributed by atoms with Gasteiger partial charge in [-0.05, 0) is 18.2 Å². The Hall–Kier alpha value is -2.69. The lowest BCUT2D eigenvalue weighted by atomic mass is 10.1. The van der Waals surface area contributed by atoms with Gasteiger partial charge in [0.05, 0.1) is 5.56 Å². The normalized spacial score (nSPS) is 18.6. The molecule has 5 heteroatoms. The van der Waals surface area contributed by atoms with Crippen molar-refractivity contribution in [3.63, 3.8) is 0 Å². The number of carbonyl (C=O) groups excluding carboxylic acids is 1. The van der Waals surface area contributed by atoms with Crippen LogP contribution in [0.5, 0.6) is 11.5 Å². The minimum atomic E-state index is -0.473. The van der Waals surface area contributed by atoms with Gasteiger partial charge >= 0.3 is 5.97 Å². The van der Waals surface area contributed by atoms with E-state index in [0.29, 0.717) is 11.3 Å². The van der Waals surface area contributed by atoms with Crippen molar-refractivity contribution in [2.24, 2.45) is 0 Å². The third-order valence-corrected chi connectivity index (χ3v) is 3.36. The van der Waals surface area contributed by atoms with E-state index in [4.69, 9.17) is 14.2 Å². The fraction of sp³-hybridized carbons (Fsp3) is 0.133. The molecule has 0 spiro atoms. The molecule has 5 nitrogen and oxygen atoms in total. The van der Waals surface area contributed by atoms with Gasteiger partial charge in [0.2, 0.25) is 13.0 Å². The van der Waals surface area contributed by atoms with E-state index in [-0.39, 0.29) is 12.8 Å². The molecule has 0 saturated carbocycles. The Balaban J connectivity index is 1.63. The fourth-order valence-electron chi connectivity index (χ4n) is 2.39. The lowest BCUT2D eigenvalue weighted by Gasteiger charge is -2.14. The maximum absolute atomic E-state index is 11.7. The number of fused-ring (bicyclic) bond motifs is 2. The van der Waals surface area contributed by atoms with Gasteiger partial charge in [0, 0.05) is 17.3 Å². The molecule has 2 aliphatic rings. The van der Waals surface area contributed by atoms with Gasteiger partial charge in [-0.2, -0.15) is 0 Å². The van der Waals surface area contributed by atoms with Gasteiger partial charge in [-0.15, -0.1) is 0 Å². The number of cyclic esters (lactones) is 1. The first kappa shape index (κ1) is 11.2. The summed E-state index contributed by atoms with van der Waals surface area (Å²) >= 11 is 0. The molecule has 0 radical (unpaired) electrons. The number of esters is 1. The highest BCUT2D eigenvalue weighted by Crippen LogP contribution is 2.37. The van der Waals surface area contributed by atoms with Crippen molar-refractivity contribution in [3.05, 3.63) is 53.6 Å². The first-order valence-corrected chi connectivity index (χ1v) is 6.27. The van der Waals surface area contributed by atoms with Gasteiger partial charge in [-0.1, -0.05) is 18.2 Å². The van der Waals surface area contributed by atoms with Gasteiger partial charge in [-0.25, -0.2) is 4.79 Å². The molecule has 1 N–H and O–H groups in total. The number of benzene rings is 2.